The third kappa shape index (κ3) is 4.86. The van der Waals surface area contributed by atoms with Gasteiger partial charge in [-0.15, -0.1) is 0 Å². The number of likely N-dealkylation sites (tertiary alicyclic amines) is 1. The molecule has 2 heterocycles. The van der Waals surface area contributed by atoms with Crippen LogP contribution in [-0.4, -0.2) is 55.5 Å². The van der Waals surface area contributed by atoms with Crippen molar-refractivity contribution in [3.63, 3.8) is 0 Å². The van der Waals surface area contributed by atoms with Crippen molar-refractivity contribution in [2.75, 3.05) is 31.9 Å². The topological polar surface area (TPSA) is 57.7 Å². The van der Waals surface area contributed by atoms with Gasteiger partial charge in [0, 0.05) is 32.1 Å². The number of hydrogen-bond acceptors (Lipinski definition) is 3. The third-order valence-electron chi connectivity index (χ3n) is 5.78. The SMILES string of the molecule is CC1CCN(C(=O)C2CCN(S(=O)(=O)CCc3ccccc3)CC2)CC1. The molecule has 144 valence electrons. The number of nitrogens with zero attached hydrogens (tertiary/aromatic N) is 2. The molecule has 0 aromatic heterocycles. The number of carbonyl (C=O) groups is 1. The fourth-order valence-corrected chi connectivity index (χ4v) is 5.41. The van der Waals surface area contributed by atoms with Gasteiger partial charge in [0.25, 0.3) is 0 Å². The Labute approximate surface area is 157 Å². The average molecular weight is 379 g/mol. The molecular formula is C20H30N2O3S. The number of sulfonamides is 1. The van der Waals surface area contributed by atoms with Crippen molar-refractivity contribution in [1.82, 2.24) is 9.21 Å². The highest BCUT2D eigenvalue weighted by atomic mass is 32.2. The monoisotopic (exact) mass is 378 g/mol. The maximum atomic E-state index is 12.7. The highest BCUT2D eigenvalue weighted by Crippen LogP contribution is 2.25. The quantitative estimate of drug-likeness (QED) is 0.791. The molecule has 2 saturated heterocycles. The zero-order valence-corrected chi connectivity index (χ0v) is 16.5. The molecule has 1 amide bonds. The van der Waals surface area contributed by atoms with E-state index in [9.17, 15) is 13.2 Å². The average Bonchev–Trinajstić information content (AvgIpc) is 2.67. The first-order valence-electron chi connectivity index (χ1n) is 9.76. The van der Waals surface area contributed by atoms with E-state index >= 15 is 0 Å². The highest BCUT2D eigenvalue weighted by Gasteiger charge is 2.33. The van der Waals surface area contributed by atoms with Crippen molar-refractivity contribution in [1.29, 1.82) is 0 Å². The predicted octanol–water partition coefficient (Wildman–Crippen LogP) is 2.53. The summed E-state index contributed by atoms with van der Waals surface area (Å²) in [6.45, 7) is 4.89. The van der Waals surface area contributed by atoms with Gasteiger partial charge in [-0.05, 0) is 43.6 Å². The van der Waals surface area contributed by atoms with E-state index < -0.39 is 10.0 Å². The molecule has 2 fully saturated rings. The molecule has 2 aliphatic rings. The smallest absolute Gasteiger partial charge is 0.225 e. The van der Waals surface area contributed by atoms with Gasteiger partial charge in [-0.3, -0.25) is 4.79 Å². The van der Waals surface area contributed by atoms with Gasteiger partial charge in [0.1, 0.15) is 0 Å². The van der Waals surface area contributed by atoms with E-state index in [0.29, 0.717) is 38.3 Å². The molecule has 1 aromatic rings. The summed E-state index contributed by atoms with van der Waals surface area (Å²) >= 11 is 0. The van der Waals surface area contributed by atoms with Crippen molar-refractivity contribution in [2.24, 2.45) is 11.8 Å². The zero-order valence-electron chi connectivity index (χ0n) is 15.6. The second-order valence-corrected chi connectivity index (χ2v) is 9.82. The maximum absolute atomic E-state index is 12.7. The molecule has 3 rings (SSSR count). The summed E-state index contributed by atoms with van der Waals surface area (Å²) < 4.78 is 26.8. The Kier molecular flexibility index (Phi) is 6.35. The minimum absolute atomic E-state index is 0.0102. The fraction of sp³-hybridized carbons (Fsp3) is 0.650. The Hall–Kier alpha value is -1.40. The number of rotatable bonds is 5. The lowest BCUT2D eigenvalue weighted by Crippen LogP contribution is -2.46. The van der Waals surface area contributed by atoms with Gasteiger partial charge in [0.05, 0.1) is 5.75 Å². The van der Waals surface area contributed by atoms with E-state index in [1.54, 1.807) is 4.31 Å². The van der Waals surface area contributed by atoms with Crippen LogP contribution < -0.4 is 0 Å². The van der Waals surface area contributed by atoms with E-state index in [2.05, 4.69) is 6.92 Å². The molecule has 1 aromatic carbocycles. The summed E-state index contributed by atoms with van der Waals surface area (Å²) in [5.74, 6) is 1.07. The van der Waals surface area contributed by atoms with Gasteiger partial charge in [0.15, 0.2) is 0 Å². The summed E-state index contributed by atoms with van der Waals surface area (Å²) in [4.78, 5) is 14.7. The van der Waals surface area contributed by atoms with Gasteiger partial charge in [-0.1, -0.05) is 37.3 Å². The highest BCUT2D eigenvalue weighted by molar-refractivity contribution is 7.89. The molecule has 5 nitrogen and oxygen atoms in total. The van der Waals surface area contributed by atoms with Gasteiger partial charge in [-0.25, -0.2) is 12.7 Å². The minimum atomic E-state index is -3.25. The van der Waals surface area contributed by atoms with Crippen LogP contribution in [0, 0.1) is 11.8 Å². The van der Waals surface area contributed by atoms with Crippen molar-refractivity contribution >= 4 is 15.9 Å². The second kappa shape index (κ2) is 8.53. The van der Waals surface area contributed by atoms with Crippen LogP contribution in [0.1, 0.15) is 38.2 Å². The first-order valence-corrected chi connectivity index (χ1v) is 11.4. The second-order valence-electron chi connectivity index (χ2n) is 7.73. The summed E-state index contributed by atoms with van der Waals surface area (Å²) in [5.41, 5.74) is 1.04. The summed E-state index contributed by atoms with van der Waals surface area (Å²) in [7, 11) is -3.25. The molecule has 0 N–H and O–H groups in total. The van der Waals surface area contributed by atoms with E-state index in [4.69, 9.17) is 0 Å². The Bertz CT molecular complexity index is 689. The van der Waals surface area contributed by atoms with Gasteiger partial charge in [-0.2, -0.15) is 0 Å². The molecule has 0 atom stereocenters. The molecule has 0 radical (unpaired) electrons. The van der Waals surface area contributed by atoms with E-state index in [0.717, 1.165) is 31.5 Å². The van der Waals surface area contributed by atoms with E-state index in [1.807, 2.05) is 35.2 Å². The molecule has 0 spiro atoms. The van der Waals surface area contributed by atoms with Crippen LogP contribution in [0.15, 0.2) is 30.3 Å². The standard InChI is InChI=1S/C20H30N2O3S/c1-17-7-12-21(13-8-17)20(23)19-9-14-22(15-10-19)26(24,25)16-11-18-5-3-2-4-6-18/h2-6,17,19H,7-16H2,1H3. The van der Waals surface area contributed by atoms with Crippen LogP contribution in [0.2, 0.25) is 0 Å². The lowest BCUT2D eigenvalue weighted by Gasteiger charge is -2.36. The molecule has 2 aliphatic heterocycles. The molecule has 0 aliphatic carbocycles. The Morgan fingerprint density at radius 1 is 1.00 bits per heavy atom. The van der Waals surface area contributed by atoms with Gasteiger partial charge >= 0.3 is 0 Å². The largest absolute Gasteiger partial charge is 0.342 e. The number of amides is 1. The Morgan fingerprint density at radius 3 is 2.23 bits per heavy atom. The first kappa shape index (κ1) is 19.4. The minimum Gasteiger partial charge on any atom is -0.342 e. The van der Waals surface area contributed by atoms with E-state index in [-0.39, 0.29) is 17.6 Å². The third-order valence-corrected chi connectivity index (χ3v) is 7.66. The summed E-state index contributed by atoms with van der Waals surface area (Å²) in [6.07, 6.45) is 4.00. The van der Waals surface area contributed by atoms with Crippen molar-refractivity contribution in [2.45, 2.75) is 39.0 Å². The van der Waals surface area contributed by atoms with Crippen LogP contribution in [0.25, 0.3) is 0 Å². The molecule has 26 heavy (non-hydrogen) atoms. The zero-order chi connectivity index (χ0) is 18.6. The van der Waals surface area contributed by atoms with E-state index in [1.165, 1.54) is 0 Å². The van der Waals surface area contributed by atoms with Crippen molar-refractivity contribution < 1.29 is 13.2 Å². The lowest BCUT2D eigenvalue weighted by molar-refractivity contribution is -0.138. The Balaban J connectivity index is 1.48. The van der Waals surface area contributed by atoms with Gasteiger partial charge in [0.2, 0.25) is 15.9 Å². The summed E-state index contributed by atoms with van der Waals surface area (Å²) in [6, 6.07) is 9.71. The van der Waals surface area contributed by atoms with Crippen molar-refractivity contribution in [3.05, 3.63) is 35.9 Å². The number of aryl methyl sites for hydroxylation is 1. The van der Waals surface area contributed by atoms with Crippen LogP contribution in [0.4, 0.5) is 0 Å². The molecular weight excluding hydrogens is 348 g/mol. The Morgan fingerprint density at radius 2 is 1.62 bits per heavy atom. The van der Waals surface area contributed by atoms with Crippen LogP contribution in [0.3, 0.4) is 0 Å². The molecule has 0 saturated carbocycles. The number of hydrogen-bond donors (Lipinski definition) is 0. The van der Waals surface area contributed by atoms with Crippen molar-refractivity contribution in [3.8, 4) is 0 Å². The van der Waals surface area contributed by atoms with Crippen LogP contribution in [-0.2, 0) is 21.2 Å². The maximum Gasteiger partial charge on any atom is 0.225 e. The fourth-order valence-electron chi connectivity index (χ4n) is 3.89. The first-order chi connectivity index (χ1) is 12.5. The predicted molar refractivity (Wildman–Crippen MR) is 103 cm³/mol. The molecule has 6 heteroatoms. The summed E-state index contributed by atoms with van der Waals surface area (Å²) in [5, 5.41) is 0. The normalized spacial score (nSPS) is 21.0. The van der Waals surface area contributed by atoms with Gasteiger partial charge < -0.3 is 4.90 Å². The number of carbonyl (C=O) groups excluding carboxylic acids is 1. The molecule has 0 unspecified atom stereocenters. The number of benzene rings is 1. The van der Waals surface area contributed by atoms with Crippen LogP contribution in [0.5, 0.6) is 0 Å². The number of piperidine rings is 2. The lowest BCUT2D eigenvalue weighted by atomic mass is 9.93. The van der Waals surface area contributed by atoms with Crippen LogP contribution >= 0.6 is 0 Å². The molecule has 0 bridgehead atoms.